The zero-order valence-electron chi connectivity index (χ0n) is 10.3. The van der Waals surface area contributed by atoms with Gasteiger partial charge < -0.3 is 15.3 Å². The maximum atomic E-state index is 11.8. The molecular formula is C13H17ClN2O2. The molecule has 2 rings (SSSR count). The summed E-state index contributed by atoms with van der Waals surface area (Å²) < 4.78 is 0. The van der Waals surface area contributed by atoms with Crippen molar-refractivity contribution in [2.24, 2.45) is 0 Å². The highest BCUT2D eigenvalue weighted by Gasteiger charge is 2.30. The van der Waals surface area contributed by atoms with Gasteiger partial charge in [-0.25, -0.2) is 0 Å². The summed E-state index contributed by atoms with van der Waals surface area (Å²) in [5.41, 5.74) is 1.64. The summed E-state index contributed by atoms with van der Waals surface area (Å²) in [5, 5.41) is 12.3. The van der Waals surface area contributed by atoms with Crippen molar-refractivity contribution in [2.45, 2.75) is 25.5 Å². The van der Waals surface area contributed by atoms with E-state index in [1.54, 1.807) is 13.1 Å². The van der Waals surface area contributed by atoms with Crippen LogP contribution in [0.3, 0.4) is 0 Å². The molecule has 1 unspecified atom stereocenters. The molecule has 1 atom stereocenters. The molecular weight excluding hydrogens is 252 g/mol. The number of likely N-dealkylation sites (N-methyl/N-ethyl adjacent to an activating group) is 1. The van der Waals surface area contributed by atoms with Gasteiger partial charge in [0.15, 0.2) is 0 Å². The van der Waals surface area contributed by atoms with Crippen LogP contribution >= 0.6 is 11.6 Å². The monoisotopic (exact) mass is 268 g/mol. The first-order chi connectivity index (χ1) is 8.67. The third kappa shape index (κ3) is 2.44. The zero-order chi connectivity index (χ0) is 13.1. The van der Waals surface area contributed by atoms with Gasteiger partial charge in [-0.1, -0.05) is 17.7 Å². The van der Waals surface area contributed by atoms with E-state index in [0.29, 0.717) is 10.6 Å². The normalized spacial score (nSPS) is 19.1. The van der Waals surface area contributed by atoms with Crippen LogP contribution in [0.15, 0.2) is 18.2 Å². The van der Waals surface area contributed by atoms with E-state index in [9.17, 15) is 4.79 Å². The summed E-state index contributed by atoms with van der Waals surface area (Å²) in [4.78, 5) is 13.8. The number of aliphatic hydroxyl groups excluding tert-OH is 1. The molecule has 18 heavy (non-hydrogen) atoms. The molecule has 0 saturated carbocycles. The van der Waals surface area contributed by atoms with Crippen LogP contribution < -0.4 is 10.2 Å². The van der Waals surface area contributed by atoms with Gasteiger partial charge in [0.1, 0.15) is 6.04 Å². The summed E-state index contributed by atoms with van der Waals surface area (Å²) >= 11 is 6.08. The van der Waals surface area contributed by atoms with Gasteiger partial charge in [0.05, 0.1) is 6.61 Å². The highest BCUT2D eigenvalue weighted by molar-refractivity contribution is 6.31. The smallest absolute Gasteiger partial charge is 0.242 e. The highest BCUT2D eigenvalue weighted by atomic mass is 35.5. The SMILES string of the molecule is CNC(=O)C1CCCN1c1ccc(CO)c(Cl)c1. The quantitative estimate of drug-likeness (QED) is 0.875. The minimum atomic E-state index is -0.119. The van der Waals surface area contributed by atoms with Gasteiger partial charge in [-0.05, 0) is 30.5 Å². The number of carbonyl (C=O) groups is 1. The Morgan fingerprint density at radius 1 is 1.61 bits per heavy atom. The molecule has 4 nitrogen and oxygen atoms in total. The predicted molar refractivity (Wildman–Crippen MR) is 71.8 cm³/mol. The van der Waals surface area contributed by atoms with Crippen molar-refractivity contribution in [1.82, 2.24) is 5.32 Å². The van der Waals surface area contributed by atoms with Crippen LogP contribution in [-0.2, 0) is 11.4 Å². The summed E-state index contributed by atoms with van der Waals surface area (Å²) in [5.74, 6) is 0.0369. The molecule has 1 amide bonds. The number of anilines is 1. The molecule has 1 aliphatic heterocycles. The molecule has 1 heterocycles. The number of nitrogens with zero attached hydrogens (tertiary/aromatic N) is 1. The second kappa shape index (κ2) is 5.59. The molecule has 98 valence electrons. The number of aliphatic hydroxyl groups is 1. The van der Waals surface area contributed by atoms with Gasteiger partial charge in [-0.3, -0.25) is 4.79 Å². The Morgan fingerprint density at radius 3 is 3.00 bits per heavy atom. The molecule has 1 aromatic carbocycles. The summed E-state index contributed by atoms with van der Waals surface area (Å²) in [6.07, 6.45) is 1.86. The lowest BCUT2D eigenvalue weighted by Gasteiger charge is -2.25. The Kier molecular flexibility index (Phi) is 4.09. The van der Waals surface area contributed by atoms with E-state index in [1.807, 2.05) is 12.1 Å². The third-order valence-electron chi connectivity index (χ3n) is 3.34. The van der Waals surface area contributed by atoms with Crippen LogP contribution in [-0.4, -0.2) is 30.6 Å². The molecule has 1 aliphatic rings. The standard InChI is InChI=1S/C13H17ClN2O2/c1-15-13(18)12-3-2-6-16(12)10-5-4-9(8-17)11(14)7-10/h4-5,7,12,17H,2-3,6,8H2,1H3,(H,15,18). The number of hydrogen-bond acceptors (Lipinski definition) is 3. The highest BCUT2D eigenvalue weighted by Crippen LogP contribution is 2.29. The number of carbonyl (C=O) groups excluding carboxylic acids is 1. The zero-order valence-corrected chi connectivity index (χ0v) is 11.1. The van der Waals surface area contributed by atoms with Crippen molar-refractivity contribution in [3.8, 4) is 0 Å². The number of hydrogen-bond donors (Lipinski definition) is 2. The Labute approximate surface area is 112 Å². The van der Waals surface area contributed by atoms with E-state index in [4.69, 9.17) is 16.7 Å². The Bertz CT molecular complexity index is 451. The van der Waals surface area contributed by atoms with E-state index >= 15 is 0 Å². The molecule has 1 fully saturated rings. The van der Waals surface area contributed by atoms with Crippen LogP contribution in [0.2, 0.25) is 5.02 Å². The fourth-order valence-electron chi connectivity index (χ4n) is 2.36. The number of halogens is 1. The van der Waals surface area contributed by atoms with Gasteiger partial charge in [0.2, 0.25) is 5.91 Å². The van der Waals surface area contributed by atoms with Gasteiger partial charge in [-0.2, -0.15) is 0 Å². The first-order valence-electron chi connectivity index (χ1n) is 6.05. The van der Waals surface area contributed by atoms with Gasteiger partial charge in [0, 0.05) is 24.3 Å². The largest absolute Gasteiger partial charge is 0.392 e. The van der Waals surface area contributed by atoms with Crippen LogP contribution in [0, 0.1) is 0 Å². The fourth-order valence-corrected chi connectivity index (χ4v) is 2.59. The van der Waals surface area contributed by atoms with E-state index in [2.05, 4.69) is 10.2 Å². The average Bonchev–Trinajstić information content (AvgIpc) is 2.86. The van der Waals surface area contributed by atoms with E-state index in [-0.39, 0.29) is 18.6 Å². The molecule has 1 saturated heterocycles. The van der Waals surface area contributed by atoms with Crippen molar-refractivity contribution in [2.75, 3.05) is 18.5 Å². The van der Waals surface area contributed by atoms with E-state index in [0.717, 1.165) is 25.1 Å². The van der Waals surface area contributed by atoms with Crippen LogP contribution in [0.25, 0.3) is 0 Å². The van der Waals surface area contributed by atoms with Gasteiger partial charge in [-0.15, -0.1) is 0 Å². The second-order valence-electron chi connectivity index (χ2n) is 4.40. The molecule has 1 aromatic rings. The topological polar surface area (TPSA) is 52.6 Å². The van der Waals surface area contributed by atoms with Crippen molar-refractivity contribution >= 4 is 23.2 Å². The minimum absolute atomic E-state index is 0.0369. The third-order valence-corrected chi connectivity index (χ3v) is 3.69. The van der Waals surface area contributed by atoms with E-state index in [1.165, 1.54) is 0 Å². The van der Waals surface area contributed by atoms with Crippen LogP contribution in [0.1, 0.15) is 18.4 Å². The number of benzene rings is 1. The molecule has 0 bridgehead atoms. The number of rotatable bonds is 3. The minimum Gasteiger partial charge on any atom is -0.392 e. The molecule has 2 N–H and O–H groups in total. The Balaban J connectivity index is 2.25. The maximum absolute atomic E-state index is 11.8. The predicted octanol–water partition coefficient (Wildman–Crippen LogP) is 1.55. The van der Waals surface area contributed by atoms with Crippen LogP contribution in [0.5, 0.6) is 0 Å². The van der Waals surface area contributed by atoms with Gasteiger partial charge >= 0.3 is 0 Å². The number of nitrogens with one attached hydrogen (secondary N) is 1. The van der Waals surface area contributed by atoms with Crippen molar-refractivity contribution in [3.05, 3.63) is 28.8 Å². The maximum Gasteiger partial charge on any atom is 0.242 e. The fraction of sp³-hybridized carbons (Fsp3) is 0.462. The van der Waals surface area contributed by atoms with Crippen LogP contribution in [0.4, 0.5) is 5.69 Å². The lowest BCUT2D eigenvalue weighted by Crippen LogP contribution is -2.42. The summed E-state index contributed by atoms with van der Waals surface area (Å²) in [7, 11) is 1.65. The van der Waals surface area contributed by atoms with Crippen molar-refractivity contribution in [3.63, 3.8) is 0 Å². The van der Waals surface area contributed by atoms with Crippen molar-refractivity contribution < 1.29 is 9.90 Å². The van der Waals surface area contributed by atoms with E-state index < -0.39 is 0 Å². The lowest BCUT2D eigenvalue weighted by atomic mass is 10.1. The Hall–Kier alpha value is -1.26. The van der Waals surface area contributed by atoms with Crippen molar-refractivity contribution in [1.29, 1.82) is 0 Å². The first kappa shape index (κ1) is 13.2. The lowest BCUT2D eigenvalue weighted by molar-refractivity contribution is -0.121. The number of amides is 1. The molecule has 5 heteroatoms. The first-order valence-corrected chi connectivity index (χ1v) is 6.42. The molecule has 0 aliphatic carbocycles. The molecule has 0 spiro atoms. The second-order valence-corrected chi connectivity index (χ2v) is 4.81. The summed E-state index contributed by atoms with van der Waals surface area (Å²) in [6, 6.07) is 5.40. The molecule has 0 radical (unpaired) electrons. The molecule has 0 aromatic heterocycles. The average molecular weight is 269 g/mol. The summed E-state index contributed by atoms with van der Waals surface area (Å²) in [6.45, 7) is 0.783. The van der Waals surface area contributed by atoms with Gasteiger partial charge in [0.25, 0.3) is 0 Å². The Morgan fingerprint density at radius 2 is 2.39 bits per heavy atom.